The fraction of sp³-hybridized carbons (Fsp3) is 0.333. The molecule has 0 spiro atoms. The molecule has 0 aromatic heterocycles. The minimum atomic E-state index is -6.55. The van der Waals surface area contributed by atoms with Gasteiger partial charge in [-0.05, 0) is 0 Å². The Morgan fingerprint density at radius 1 is 1.33 bits per heavy atom. The van der Waals surface area contributed by atoms with E-state index in [2.05, 4.69) is 6.58 Å². The average Bonchev–Trinajstić information content (AvgIpc) is 1.93. The van der Waals surface area contributed by atoms with Crippen molar-refractivity contribution in [3.63, 3.8) is 0 Å². The molecule has 0 amide bonds. The maximum absolute atomic E-state index is 12.3. The number of halogens is 5. The van der Waals surface area contributed by atoms with Crippen LogP contribution in [0.2, 0.25) is 0 Å². The van der Waals surface area contributed by atoms with E-state index in [0.29, 0.717) is 0 Å². The van der Waals surface area contributed by atoms with Gasteiger partial charge in [-0.15, -0.1) is 9.62 Å². The fourth-order valence-electron chi connectivity index (χ4n) is 0.698. The molecular formula is C6H3F5O3S. The molecule has 0 saturated heterocycles. The van der Waals surface area contributed by atoms with Crippen molar-refractivity contribution in [2.75, 3.05) is 0 Å². The predicted octanol–water partition coefficient (Wildman–Crippen LogP) is 1.42. The van der Waals surface area contributed by atoms with Crippen LogP contribution >= 0.6 is 0 Å². The zero-order chi connectivity index (χ0) is 12.5. The molecule has 0 rings (SSSR count). The molecule has 0 heterocycles. The first-order valence-electron chi connectivity index (χ1n) is 3.08. The van der Waals surface area contributed by atoms with Gasteiger partial charge in [0.15, 0.2) is 0 Å². The van der Waals surface area contributed by atoms with Crippen LogP contribution in [0.3, 0.4) is 0 Å². The normalized spacial score (nSPS) is 16.3. The SMILES string of the molecule is C=C=CC(C(=O)F)(C(F)(F)F)S(=O)(=O)F. The molecular weight excluding hydrogens is 247 g/mol. The van der Waals surface area contributed by atoms with E-state index in [1.165, 1.54) is 5.73 Å². The van der Waals surface area contributed by atoms with Crippen LogP contribution in [0, 0.1) is 0 Å². The van der Waals surface area contributed by atoms with Gasteiger partial charge < -0.3 is 0 Å². The number of carbonyl (C=O) groups is 1. The van der Waals surface area contributed by atoms with Crippen molar-refractivity contribution < 1.29 is 34.7 Å². The lowest BCUT2D eigenvalue weighted by Gasteiger charge is -2.22. The van der Waals surface area contributed by atoms with Gasteiger partial charge in [0.1, 0.15) is 0 Å². The zero-order valence-electron chi connectivity index (χ0n) is 6.81. The van der Waals surface area contributed by atoms with Crippen LogP contribution in [0.4, 0.5) is 21.4 Å². The molecule has 0 saturated carbocycles. The molecule has 0 bridgehead atoms. The third-order valence-corrected chi connectivity index (χ3v) is 2.68. The molecule has 86 valence electrons. The molecule has 0 aliphatic rings. The minimum absolute atomic E-state index is 0.620. The molecule has 1 unspecified atom stereocenters. The lowest BCUT2D eigenvalue weighted by Crippen LogP contribution is -2.53. The summed E-state index contributed by atoms with van der Waals surface area (Å²) in [6.07, 6.45) is -6.60. The summed E-state index contributed by atoms with van der Waals surface area (Å²) in [5.74, 6) is 0. The van der Waals surface area contributed by atoms with Gasteiger partial charge in [-0.3, -0.25) is 4.79 Å². The van der Waals surface area contributed by atoms with E-state index in [0.717, 1.165) is 0 Å². The van der Waals surface area contributed by atoms with Crippen molar-refractivity contribution in [2.24, 2.45) is 0 Å². The summed E-state index contributed by atoms with van der Waals surface area (Å²) in [4.78, 5) is 10.0. The summed E-state index contributed by atoms with van der Waals surface area (Å²) in [6, 6.07) is -3.41. The summed E-state index contributed by atoms with van der Waals surface area (Å²) in [7, 11) is -6.55. The predicted molar refractivity (Wildman–Crippen MR) is 38.6 cm³/mol. The smallest absolute Gasteiger partial charge is 0.258 e. The summed E-state index contributed by atoms with van der Waals surface area (Å²) < 4.78 is 76.3. The lowest BCUT2D eigenvalue weighted by atomic mass is 10.1. The quantitative estimate of drug-likeness (QED) is 0.432. The summed E-state index contributed by atoms with van der Waals surface area (Å²) in [5.41, 5.74) is 1.23. The molecule has 0 aromatic rings. The Balaban J connectivity index is 6.22. The first-order chi connectivity index (χ1) is 6.50. The Hall–Kier alpha value is -1.21. The van der Waals surface area contributed by atoms with E-state index in [1.54, 1.807) is 0 Å². The van der Waals surface area contributed by atoms with E-state index in [9.17, 15) is 34.7 Å². The van der Waals surface area contributed by atoms with E-state index in [4.69, 9.17) is 0 Å². The molecule has 0 radical (unpaired) electrons. The second kappa shape index (κ2) is 3.74. The van der Waals surface area contributed by atoms with Gasteiger partial charge >= 0.3 is 27.2 Å². The largest absolute Gasteiger partial charge is 0.424 e. The van der Waals surface area contributed by atoms with Crippen molar-refractivity contribution in [1.82, 2.24) is 0 Å². The molecule has 9 heteroatoms. The van der Waals surface area contributed by atoms with Crippen molar-refractivity contribution in [3.05, 3.63) is 18.4 Å². The summed E-state index contributed by atoms with van der Waals surface area (Å²) in [6.45, 7) is 2.52. The van der Waals surface area contributed by atoms with Crippen LogP contribution in [0.15, 0.2) is 18.4 Å². The number of hydrogen-bond donors (Lipinski definition) is 0. The highest BCUT2D eigenvalue weighted by Gasteiger charge is 2.69. The summed E-state index contributed by atoms with van der Waals surface area (Å²) >= 11 is 0. The van der Waals surface area contributed by atoms with Crippen molar-refractivity contribution in [3.8, 4) is 0 Å². The average molecular weight is 250 g/mol. The Morgan fingerprint density at radius 2 is 1.73 bits per heavy atom. The topological polar surface area (TPSA) is 51.2 Å². The molecule has 0 fully saturated rings. The fourth-order valence-corrected chi connectivity index (χ4v) is 1.39. The third kappa shape index (κ3) is 2.07. The van der Waals surface area contributed by atoms with Crippen molar-refractivity contribution in [1.29, 1.82) is 0 Å². The van der Waals surface area contributed by atoms with Gasteiger partial charge in [-0.2, -0.15) is 26.0 Å². The maximum Gasteiger partial charge on any atom is 0.424 e. The summed E-state index contributed by atoms with van der Waals surface area (Å²) in [5, 5.41) is 0. The third-order valence-electron chi connectivity index (χ3n) is 1.40. The van der Waals surface area contributed by atoms with Crippen LogP contribution in [0.1, 0.15) is 0 Å². The first-order valence-corrected chi connectivity index (χ1v) is 4.47. The highest BCUT2D eigenvalue weighted by molar-refractivity contribution is 7.89. The second-order valence-electron chi connectivity index (χ2n) is 2.29. The molecule has 0 aromatic carbocycles. The number of rotatable bonds is 3. The van der Waals surface area contributed by atoms with Gasteiger partial charge in [-0.25, -0.2) is 0 Å². The molecule has 0 aliphatic carbocycles. The van der Waals surface area contributed by atoms with E-state index < -0.39 is 33.3 Å². The second-order valence-corrected chi connectivity index (χ2v) is 3.81. The van der Waals surface area contributed by atoms with Gasteiger partial charge in [0, 0.05) is 6.08 Å². The van der Waals surface area contributed by atoms with Crippen LogP contribution < -0.4 is 0 Å². The van der Waals surface area contributed by atoms with Gasteiger partial charge in [-0.1, -0.05) is 6.58 Å². The standard InChI is InChI=1S/C6H3F5O3S/c1-2-3-5(4(7)12,6(8,9)10)15(11,13)14/h3H,1H2. The molecule has 15 heavy (non-hydrogen) atoms. The first kappa shape index (κ1) is 13.8. The van der Waals surface area contributed by atoms with Crippen LogP contribution in [-0.4, -0.2) is 25.4 Å². The molecule has 3 nitrogen and oxygen atoms in total. The lowest BCUT2D eigenvalue weighted by molar-refractivity contribution is -0.170. The Kier molecular flexibility index (Phi) is 3.44. The van der Waals surface area contributed by atoms with Gasteiger partial charge in [0.25, 0.3) is 0 Å². The van der Waals surface area contributed by atoms with Crippen molar-refractivity contribution in [2.45, 2.75) is 10.9 Å². The monoisotopic (exact) mass is 250 g/mol. The molecule has 0 aliphatic heterocycles. The Bertz CT molecular complexity index is 413. The number of hydrogen-bond acceptors (Lipinski definition) is 3. The maximum atomic E-state index is 12.3. The van der Waals surface area contributed by atoms with E-state index in [1.807, 2.05) is 0 Å². The number of alkyl halides is 3. The molecule has 1 atom stereocenters. The molecule has 0 N–H and O–H groups in total. The number of carbonyl (C=O) groups excluding carboxylic acids is 1. The van der Waals surface area contributed by atoms with Gasteiger partial charge in [0.2, 0.25) is 0 Å². The highest BCUT2D eigenvalue weighted by Crippen LogP contribution is 2.40. The Morgan fingerprint density at radius 3 is 1.80 bits per heavy atom. The van der Waals surface area contributed by atoms with Crippen LogP contribution in [0.25, 0.3) is 0 Å². The zero-order valence-corrected chi connectivity index (χ0v) is 7.62. The van der Waals surface area contributed by atoms with E-state index in [-0.39, 0.29) is 0 Å². The Labute approximate surface area is 81.1 Å². The minimum Gasteiger partial charge on any atom is -0.258 e. The van der Waals surface area contributed by atoms with Crippen LogP contribution in [-0.2, 0) is 15.0 Å². The highest BCUT2D eigenvalue weighted by atomic mass is 32.3. The van der Waals surface area contributed by atoms with Crippen molar-refractivity contribution >= 4 is 16.3 Å². The van der Waals surface area contributed by atoms with Gasteiger partial charge in [0.05, 0.1) is 0 Å². The van der Waals surface area contributed by atoms with E-state index >= 15 is 0 Å². The van der Waals surface area contributed by atoms with Crippen LogP contribution in [0.5, 0.6) is 0 Å².